The molecule has 0 unspecified atom stereocenters. The Morgan fingerprint density at radius 1 is 1.27 bits per heavy atom. The van der Waals surface area contributed by atoms with Gasteiger partial charge in [0.15, 0.2) is 11.6 Å². The van der Waals surface area contributed by atoms with Crippen LogP contribution in [0.5, 0.6) is 0 Å². The van der Waals surface area contributed by atoms with Crippen LogP contribution in [0.25, 0.3) is 5.65 Å². The summed E-state index contributed by atoms with van der Waals surface area (Å²) in [5.41, 5.74) is 0.861. The third kappa shape index (κ3) is 6.51. The molecule has 0 spiro atoms. The van der Waals surface area contributed by atoms with Crippen molar-refractivity contribution >= 4 is 45.6 Å². The van der Waals surface area contributed by atoms with E-state index < -0.39 is 10.0 Å². The molecule has 3 rings (SSSR count). The normalized spacial score (nSPS) is 16.4. The van der Waals surface area contributed by atoms with Crippen LogP contribution in [0.4, 0.5) is 0 Å². The van der Waals surface area contributed by atoms with E-state index in [1.807, 2.05) is 35.7 Å². The molecule has 3 heterocycles. The molecule has 0 saturated carbocycles. The standard InChI is InChI=1S/C19H31N7O2S.HI/c1-3-15-29(27,28)25-13-9-16(10-14-25)22-19(20-2)21-11-6-8-18-24-23-17-7-4-5-12-26(17)18;/h4-5,7,12,16H,3,6,8-11,13-15H2,1-2H3,(H2,20,21,22);1H. The SMILES string of the molecule is CCCS(=O)(=O)N1CCC(NC(=NC)NCCCc2nnc3ccccn23)CC1.I. The minimum absolute atomic E-state index is 0. The Morgan fingerprint density at radius 2 is 2.03 bits per heavy atom. The van der Waals surface area contributed by atoms with Crippen LogP contribution in [0, 0.1) is 0 Å². The first-order chi connectivity index (χ1) is 14.0. The van der Waals surface area contributed by atoms with Gasteiger partial charge in [-0.3, -0.25) is 9.39 Å². The molecule has 30 heavy (non-hydrogen) atoms. The van der Waals surface area contributed by atoms with Crippen molar-refractivity contribution in [1.82, 2.24) is 29.5 Å². The quantitative estimate of drug-likeness (QED) is 0.225. The van der Waals surface area contributed by atoms with Gasteiger partial charge in [0.25, 0.3) is 0 Å². The zero-order chi connectivity index (χ0) is 20.7. The smallest absolute Gasteiger partial charge is 0.214 e. The van der Waals surface area contributed by atoms with Gasteiger partial charge in [-0.05, 0) is 37.8 Å². The Kier molecular flexibility index (Phi) is 9.75. The zero-order valence-corrected chi connectivity index (χ0v) is 20.8. The van der Waals surface area contributed by atoms with E-state index in [2.05, 4.69) is 25.8 Å². The molecular formula is C19H32IN7O2S. The van der Waals surface area contributed by atoms with Crippen LogP contribution in [0.15, 0.2) is 29.4 Å². The van der Waals surface area contributed by atoms with Gasteiger partial charge >= 0.3 is 0 Å². The number of nitrogens with one attached hydrogen (secondary N) is 2. The number of aromatic nitrogens is 3. The van der Waals surface area contributed by atoms with Gasteiger partial charge in [0, 0.05) is 45.3 Å². The Hall–Kier alpha value is -1.47. The Labute approximate surface area is 195 Å². The van der Waals surface area contributed by atoms with Crippen molar-refractivity contribution in [3.05, 3.63) is 30.2 Å². The van der Waals surface area contributed by atoms with Crippen LogP contribution in [-0.2, 0) is 16.4 Å². The molecule has 168 valence electrons. The van der Waals surface area contributed by atoms with Crippen LogP contribution in [0.1, 0.15) is 38.4 Å². The Bertz CT molecular complexity index is 924. The van der Waals surface area contributed by atoms with Crippen LogP contribution in [0.3, 0.4) is 0 Å². The van der Waals surface area contributed by atoms with E-state index in [4.69, 9.17) is 0 Å². The lowest BCUT2D eigenvalue weighted by molar-refractivity contribution is 0.306. The minimum atomic E-state index is -3.10. The van der Waals surface area contributed by atoms with Crippen molar-refractivity contribution in [1.29, 1.82) is 0 Å². The number of nitrogens with zero attached hydrogens (tertiary/aromatic N) is 5. The molecule has 1 fully saturated rings. The van der Waals surface area contributed by atoms with Crippen molar-refractivity contribution in [3.8, 4) is 0 Å². The lowest BCUT2D eigenvalue weighted by atomic mass is 10.1. The van der Waals surface area contributed by atoms with Gasteiger partial charge in [-0.1, -0.05) is 13.0 Å². The Balaban J connectivity index is 0.00000320. The summed E-state index contributed by atoms with van der Waals surface area (Å²) < 4.78 is 28.0. The molecule has 0 bridgehead atoms. The summed E-state index contributed by atoms with van der Waals surface area (Å²) in [4.78, 5) is 4.29. The molecule has 1 saturated heterocycles. The van der Waals surface area contributed by atoms with Crippen LogP contribution >= 0.6 is 24.0 Å². The van der Waals surface area contributed by atoms with Gasteiger partial charge in [-0.15, -0.1) is 34.2 Å². The molecule has 2 N–H and O–H groups in total. The topological polar surface area (TPSA) is 104 Å². The highest BCUT2D eigenvalue weighted by atomic mass is 127. The van der Waals surface area contributed by atoms with E-state index in [0.29, 0.717) is 19.5 Å². The number of aliphatic imine (C=N–C) groups is 1. The van der Waals surface area contributed by atoms with Crippen molar-refractivity contribution in [2.75, 3.05) is 32.4 Å². The summed E-state index contributed by atoms with van der Waals surface area (Å²) in [5, 5.41) is 15.2. The van der Waals surface area contributed by atoms with Gasteiger partial charge in [-0.2, -0.15) is 0 Å². The highest BCUT2D eigenvalue weighted by Gasteiger charge is 2.27. The first-order valence-electron chi connectivity index (χ1n) is 10.3. The second-order valence-electron chi connectivity index (χ2n) is 7.28. The minimum Gasteiger partial charge on any atom is -0.356 e. The average Bonchev–Trinajstić information content (AvgIpc) is 3.14. The monoisotopic (exact) mass is 549 g/mol. The Morgan fingerprint density at radius 3 is 2.73 bits per heavy atom. The molecule has 2 aromatic rings. The van der Waals surface area contributed by atoms with Gasteiger partial charge in [0.1, 0.15) is 5.82 Å². The van der Waals surface area contributed by atoms with E-state index in [0.717, 1.165) is 49.7 Å². The largest absolute Gasteiger partial charge is 0.356 e. The second kappa shape index (κ2) is 11.8. The lowest BCUT2D eigenvalue weighted by Crippen LogP contribution is -2.50. The zero-order valence-electron chi connectivity index (χ0n) is 17.6. The number of guanidine groups is 1. The maximum absolute atomic E-state index is 12.2. The van der Waals surface area contributed by atoms with Gasteiger partial charge in [-0.25, -0.2) is 12.7 Å². The number of aryl methyl sites for hydroxylation is 1. The number of pyridine rings is 1. The number of piperidine rings is 1. The van der Waals surface area contributed by atoms with Gasteiger partial charge in [0.2, 0.25) is 10.0 Å². The van der Waals surface area contributed by atoms with Gasteiger partial charge in [0.05, 0.1) is 5.75 Å². The third-order valence-corrected chi connectivity index (χ3v) is 7.20. The van der Waals surface area contributed by atoms with E-state index >= 15 is 0 Å². The maximum Gasteiger partial charge on any atom is 0.214 e. The number of rotatable bonds is 8. The molecular weight excluding hydrogens is 517 g/mol. The fourth-order valence-corrected chi connectivity index (χ4v) is 5.11. The fraction of sp³-hybridized carbons (Fsp3) is 0.632. The molecule has 1 aliphatic rings. The fourth-order valence-electron chi connectivity index (χ4n) is 3.57. The maximum atomic E-state index is 12.2. The summed E-state index contributed by atoms with van der Waals surface area (Å²) in [5.74, 6) is 1.94. The molecule has 0 atom stereocenters. The predicted molar refractivity (Wildman–Crippen MR) is 130 cm³/mol. The first kappa shape index (κ1) is 24.8. The average molecular weight is 549 g/mol. The van der Waals surface area contributed by atoms with Crippen molar-refractivity contribution < 1.29 is 8.42 Å². The van der Waals surface area contributed by atoms with Crippen LogP contribution in [-0.4, -0.2) is 71.8 Å². The summed E-state index contributed by atoms with van der Waals surface area (Å²) in [6, 6.07) is 6.10. The van der Waals surface area contributed by atoms with E-state index in [1.54, 1.807) is 11.4 Å². The van der Waals surface area contributed by atoms with Crippen molar-refractivity contribution in [2.45, 2.75) is 45.1 Å². The van der Waals surface area contributed by atoms with Gasteiger partial charge < -0.3 is 10.6 Å². The predicted octanol–water partition coefficient (Wildman–Crippen LogP) is 1.65. The molecule has 0 amide bonds. The van der Waals surface area contributed by atoms with E-state index in [-0.39, 0.29) is 35.8 Å². The number of hydrogen-bond donors (Lipinski definition) is 2. The second-order valence-corrected chi connectivity index (χ2v) is 9.37. The number of hydrogen-bond acceptors (Lipinski definition) is 5. The van der Waals surface area contributed by atoms with Crippen molar-refractivity contribution in [3.63, 3.8) is 0 Å². The lowest BCUT2D eigenvalue weighted by Gasteiger charge is -2.32. The molecule has 0 radical (unpaired) electrons. The molecule has 1 aliphatic heterocycles. The number of sulfonamides is 1. The number of fused-ring (bicyclic) bond motifs is 1. The van der Waals surface area contributed by atoms with E-state index in [9.17, 15) is 8.42 Å². The van der Waals surface area contributed by atoms with Crippen molar-refractivity contribution in [2.24, 2.45) is 4.99 Å². The summed E-state index contributed by atoms with van der Waals surface area (Å²) in [6.45, 7) is 3.80. The first-order valence-corrected chi connectivity index (χ1v) is 11.9. The van der Waals surface area contributed by atoms with E-state index in [1.165, 1.54) is 0 Å². The molecule has 11 heteroatoms. The summed E-state index contributed by atoms with van der Waals surface area (Å²) >= 11 is 0. The number of halogens is 1. The highest BCUT2D eigenvalue weighted by Crippen LogP contribution is 2.15. The van der Waals surface area contributed by atoms with Crippen LogP contribution in [0.2, 0.25) is 0 Å². The molecule has 9 nitrogen and oxygen atoms in total. The molecule has 0 aliphatic carbocycles. The molecule has 0 aromatic carbocycles. The molecule has 2 aromatic heterocycles. The van der Waals surface area contributed by atoms with Crippen LogP contribution < -0.4 is 10.6 Å². The highest BCUT2D eigenvalue weighted by molar-refractivity contribution is 14.0. The third-order valence-electron chi connectivity index (χ3n) is 5.13. The summed E-state index contributed by atoms with van der Waals surface area (Å²) in [7, 11) is -1.35. The summed E-state index contributed by atoms with van der Waals surface area (Å²) in [6.07, 6.45) is 5.94.